The van der Waals surface area contributed by atoms with Crippen molar-refractivity contribution in [2.75, 3.05) is 0 Å². The van der Waals surface area contributed by atoms with Crippen molar-refractivity contribution in [1.82, 2.24) is 0 Å². The molecular weight excluding hydrogens is 329 g/mol. The Morgan fingerprint density at radius 1 is 1.19 bits per heavy atom. The smallest absolute Gasteiger partial charge is 0.0387 e. The standard InChI is InChI=1S/C13H14INS/c1-2-11(15)13-8-7-12(16-13)9-3-5-10(14)6-4-9/h3-8,11H,2,15H2,1H3. The van der Waals surface area contributed by atoms with Gasteiger partial charge in [0.05, 0.1) is 0 Å². The quantitative estimate of drug-likeness (QED) is 0.820. The molecule has 3 heteroatoms. The van der Waals surface area contributed by atoms with Crippen molar-refractivity contribution in [2.24, 2.45) is 5.73 Å². The van der Waals surface area contributed by atoms with Gasteiger partial charge in [-0.25, -0.2) is 0 Å². The highest BCUT2D eigenvalue weighted by Gasteiger charge is 2.07. The summed E-state index contributed by atoms with van der Waals surface area (Å²) in [5, 5.41) is 0. The van der Waals surface area contributed by atoms with Crippen LogP contribution >= 0.6 is 33.9 Å². The number of rotatable bonds is 3. The number of hydrogen-bond acceptors (Lipinski definition) is 2. The highest BCUT2D eigenvalue weighted by molar-refractivity contribution is 14.1. The van der Waals surface area contributed by atoms with E-state index in [9.17, 15) is 0 Å². The SMILES string of the molecule is CCC(N)c1ccc(-c2ccc(I)cc2)s1. The number of halogens is 1. The van der Waals surface area contributed by atoms with Crippen LogP contribution < -0.4 is 5.73 Å². The van der Waals surface area contributed by atoms with Gasteiger partial charge in [0.25, 0.3) is 0 Å². The molecule has 0 fully saturated rings. The molecule has 2 N–H and O–H groups in total. The summed E-state index contributed by atoms with van der Waals surface area (Å²) in [5.74, 6) is 0. The number of hydrogen-bond donors (Lipinski definition) is 1. The molecule has 1 aromatic heterocycles. The van der Waals surface area contributed by atoms with Crippen LogP contribution in [0.3, 0.4) is 0 Å². The van der Waals surface area contributed by atoms with E-state index in [4.69, 9.17) is 5.73 Å². The molecule has 1 aromatic carbocycles. The molecule has 0 aliphatic carbocycles. The molecule has 0 amide bonds. The Labute approximate surface area is 114 Å². The van der Waals surface area contributed by atoms with E-state index in [0.717, 1.165) is 6.42 Å². The van der Waals surface area contributed by atoms with Gasteiger partial charge in [-0.1, -0.05) is 19.1 Å². The molecule has 0 radical (unpaired) electrons. The van der Waals surface area contributed by atoms with Crippen LogP contribution in [0.15, 0.2) is 36.4 Å². The first-order valence-electron chi connectivity index (χ1n) is 5.32. The van der Waals surface area contributed by atoms with Crippen molar-refractivity contribution >= 4 is 33.9 Å². The minimum absolute atomic E-state index is 0.183. The Morgan fingerprint density at radius 3 is 2.50 bits per heavy atom. The molecule has 1 heterocycles. The Morgan fingerprint density at radius 2 is 1.88 bits per heavy atom. The van der Waals surface area contributed by atoms with E-state index in [-0.39, 0.29) is 6.04 Å². The summed E-state index contributed by atoms with van der Waals surface area (Å²) >= 11 is 4.12. The fourth-order valence-corrected chi connectivity index (χ4v) is 2.98. The summed E-state index contributed by atoms with van der Waals surface area (Å²) < 4.78 is 1.27. The first-order valence-corrected chi connectivity index (χ1v) is 7.21. The average Bonchev–Trinajstić information content (AvgIpc) is 2.78. The van der Waals surface area contributed by atoms with E-state index in [1.165, 1.54) is 18.9 Å². The first-order chi connectivity index (χ1) is 7.70. The third kappa shape index (κ3) is 2.64. The van der Waals surface area contributed by atoms with E-state index >= 15 is 0 Å². The van der Waals surface area contributed by atoms with Gasteiger partial charge in [0.15, 0.2) is 0 Å². The molecule has 0 saturated carbocycles. The van der Waals surface area contributed by atoms with Gasteiger partial charge in [0.2, 0.25) is 0 Å². The maximum atomic E-state index is 6.02. The van der Waals surface area contributed by atoms with Crippen LogP contribution in [0, 0.1) is 3.57 Å². The fraction of sp³-hybridized carbons (Fsp3) is 0.231. The monoisotopic (exact) mass is 343 g/mol. The predicted octanol–water partition coefficient (Wildman–Crippen LogP) is 4.43. The molecular formula is C13H14INS. The van der Waals surface area contributed by atoms with Gasteiger partial charge >= 0.3 is 0 Å². The van der Waals surface area contributed by atoms with Gasteiger partial charge < -0.3 is 5.73 Å². The second-order valence-electron chi connectivity index (χ2n) is 3.72. The lowest BCUT2D eigenvalue weighted by Crippen LogP contribution is -2.05. The number of nitrogens with two attached hydrogens (primary N) is 1. The van der Waals surface area contributed by atoms with Gasteiger partial charge in [0.1, 0.15) is 0 Å². The molecule has 2 rings (SSSR count). The van der Waals surface area contributed by atoms with Crippen LogP contribution in [0.2, 0.25) is 0 Å². The summed E-state index contributed by atoms with van der Waals surface area (Å²) in [6, 6.07) is 13.1. The molecule has 16 heavy (non-hydrogen) atoms. The first kappa shape index (κ1) is 12.1. The Hall–Kier alpha value is -0.390. The average molecular weight is 343 g/mol. The third-order valence-corrected chi connectivity index (χ3v) is 4.55. The highest BCUT2D eigenvalue weighted by atomic mass is 127. The molecule has 0 aliphatic rings. The van der Waals surface area contributed by atoms with Crippen LogP contribution in [0.25, 0.3) is 10.4 Å². The van der Waals surface area contributed by atoms with Gasteiger partial charge in [0, 0.05) is 19.4 Å². The maximum Gasteiger partial charge on any atom is 0.0387 e. The summed E-state index contributed by atoms with van der Waals surface area (Å²) in [5.41, 5.74) is 7.30. The second kappa shape index (κ2) is 5.29. The minimum atomic E-state index is 0.183. The summed E-state index contributed by atoms with van der Waals surface area (Å²) in [4.78, 5) is 2.58. The zero-order valence-corrected chi connectivity index (χ0v) is 12.1. The lowest BCUT2D eigenvalue weighted by atomic mass is 10.2. The number of benzene rings is 1. The van der Waals surface area contributed by atoms with Crippen molar-refractivity contribution < 1.29 is 0 Å². The highest BCUT2D eigenvalue weighted by Crippen LogP contribution is 2.31. The van der Waals surface area contributed by atoms with E-state index in [2.05, 4.69) is 65.9 Å². The lowest BCUT2D eigenvalue weighted by Gasteiger charge is -2.04. The molecule has 0 aliphatic heterocycles. The van der Waals surface area contributed by atoms with Crippen molar-refractivity contribution in [1.29, 1.82) is 0 Å². The topological polar surface area (TPSA) is 26.0 Å². The van der Waals surface area contributed by atoms with Crippen LogP contribution in [-0.2, 0) is 0 Å². The lowest BCUT2D eigenvalue weighted by molar-refractivity contribution is 0.712. The summed E-state index contributed by atoms with van der Waals surface area (Å²) in [6.45, 7) is 2.12. The molecule has 84 valence electrons. The van der Waals surface area contributed by atoms with Gasteiger partial charge in [-0.3, -0.25) is 0 Å². The molecule has 1 atom stereocenters. The van der Waals surface area contributed by atoms with Crippen LogP contribution in [0.1, 0.15) is 24.3 Å². The van der Waals surface area contributed by atoms with E-state index in [1.807, 2.05) is 0 Å². The van der Waals surface area contributed by atoms with Crippen LogP contribution in [-0.4, -0.2) is 0 Å². The molecule has 0 saturated heterocycles. The van der Waals surface area contributed by atoms with Gasteiger partial charge in [-0.2, -0.15) is 0 Å². The van der Waals surface area contributed by atoms with Crippen LogP contribution in [0.4, 0.5) is 0 Å². The molecule has 1 nitrogen and oxygen atoms in total. The Kier molecular flexibility index (Phi) is 4.00. The second-order valence-corrected chi connectivity index (χ2v) is 6.08. The fourth-order valence-electron chi connectivity index (χ4n) is 1.52. The van der Waals surface area contributed by atoms with Crippen molar-refractivity contribution in [3.8, 4) is 10.4 Å². The molecule has 0 spiro atoms. The van der Waals surface area contributed by atoms with Gasteiger partial charge in [-0.15, -0.1) is 11.3 Å². The normalized spacial score (nSPS) is 12.7. The van der Waals surface area contributed by atoms with Crippen molar-refractivity contribution in [3.05, 3.63) is 44.8 Å². The minimum Gasteiger partial charge on any atom is -0.323 e. The zero-order valence-electron chi connectivity index (χ0n) is 9.11. The van der Waals surface area contributed by atoms with E-state index < -0.39 is 0 Å². The molecule has 2 aromatic rings. The van der Waals surface area contributed by atoms with Gasteiger partial charge in [-0.05, 0) is 58.8 Å². The van der Waals surface area contributed by atoms with E-state index in [0.29, 0.717) is 0 Å². The maximum absolute atomic E-state index is 6.02. The third-order valence-electron chi connectivity index (χ3n) is 2.56. The van der Waals surface area contributed by atoms with Crippen molar-refractivity contribution in [2.45, 2.75) is 19.4 Å². The summed E-state index contributed by atoms with van der Waals surface area (Å²) in [6.07, 6.45) is 0.993. The van der Waals surface area contributed by atoms with Crippen LogP contribution in [0.5, 0.6) is 0 Å². The van der Waals surface area contributed by atoms with Crippen molar-refractivity contribution in [3.63, 3.8) is 0 Å². The summed E-state index contributed by atoms with van der Waals surface area (Å²) in [7, 11) is 0. The number of thiophene rings is 1. The molecule has 0 bridgehead atoms. The molecule has 1 unspecified atom stereocenters. The zero-order chi connectivity index (χ0) is 11.5. The predicted molar refractivity (Wildman–Crippen MR) is 79.7 cm³/mol. The van der Waals surface area contributed by atoms with E-state index in [1.54, 1.807) is 11.3 Å². The largest absolute Gasteiger partial charge is 0.323 e. The Bertz CT molecular complexity index is 461. The Balaban J connectivity index is 2.28.